The third-order valence-corrected chi connectivity index (χ3v) is 7.59. The van der Waals surface area contributed by atoms with E-state index in [2.05, 4.69) is 95.9 Å². The van der Waals surface area contributed by atoms with Gasteiger partial charge < -0.3 is 9.31 Å². The Balaban J connectivity index is 1.79. The predicted molar refractivity (Wildman–Crippen MR) is 111 cm³/mol. The van der Waals surface area contributed by atoms with Gasteiger partial charge in [0.25, 0.3) is 0 Å². The Labute approximate surface area is 153 Å². The number of hydrogen-bond donors (Lipinski definition) is 0. The van der Waals surface area contributed by atoms with Crippen molar-refractivity contribution in [1.29, 1.82) is 0 Å². The number of hydrogen-bond acceptors (Lipinski definition) is 2. The van der Waals surface area contributed by atoms with Gasteiger partial charge in [-0.25, -0.2) is 0 Å². The molecule has 0 amide bonds. The van der Waals surface area contributed by atoms with E-state index in [-0.39, 0.29) is 18.3 Å². The first kappa shape index (κ1) is 18.4. The molecule has 25 heavy (non-hydrogen) atoms. The number of rotatable bonds is 3. The molecule has 0 spiro atoms. The van der Waals surface area contributed by atoms with Gasteiger partial charge in [-0.2, -0.15) is 0 Å². The predicted octanol–water partition coefficient (Wildman–Crippen LogP) is 4.20. The van der Waals surface area contributed by atoms with Gasteiger partial charge in [-0.1, -0.05) is 73.4 Å². The van der Waals surface area contributed by atoms with Crippen molar-refractivity contribution in [2.45, 2.75) is 58.5 Å². The molecule has 1 aliphatic heterocycles. The fourth-order valence-corrected chi connectivity index (χ4v) is 4.14. The zero-order valence-corrected chi connectivity index (χ0v) is 17.5. The van der Waals surface area contributed by atoms with E-state index in [1.54, 1.807) is 0 Å². The molecule has 3 rings (SSSR count). The van der Waals surface area contributed by atoms with E-state index in [9.17, 15) is 0 Å². The largest absolute Gasteiger partial charge is 0.494 e. The van der Waals surface area contributed by atoms with Gasteiger partial charge in [-0.15, -0.1) is 0 Å². The molecule has 4 heteroatoms. The van der Waals surface area contributed by atoms with Gasteiger partial charge in [0.05, 0.1) is 19.3 Å². The van der Waals surface area contributed by atoms with E-state index in [0.29, 0.717) is 0 Å². The third-order valence-electron chi connectivity index (χ3n) is 5.52. The Hall–Kier alpha value is -1.36. The van der Waals surface area contributed by atoms with Gasteiger partial charge >= 0.3 is 7.12 Å². The van der Waals surface area contributed by atoms with Gasteiger partial charge in [-0.05, 0) is 44.3 Å². The van der Waals surface area contributed by atoms with Crippen molar-refractivity contribution in [2.24, 2.45) is 0 Å². The summed E-state index contributed by atoms with van der Waals surface area (Å²) < 4.78 is 12.3. The Bertz CT molecular complexity index is 727. The molecule has 1 heterocycles. The highest BCUT2D eigenvalue weighted by atomic mass is 28.3. The van der Waals surface area contributed by atoms with E-state index in [4.69, 9.17) is 9.31 Å². The lowest BCUT2D eigenvalue weighted by atomic mass is 9.78. The van der Waals surface area contributed by atoms with Crippen LogP contribution in [0.25, 0.3) is 11.1 Å². The molecule has 1 aliphatic rings. The summed E-state index contributed by atoms with van der Waals surface area (Å²) in [6.07, 6.45) is 0. The summed E-state index contributed by atoms with van der Waals surface area (Å²) in [6, 6.07) is 17.6. The lowest BCUT2D eigenvalue weighted by molar-refractivity contribution is 0.00578. The lowest BCUT2D eigenvalue weighted by Gasteiger charge is -2.32. The maximum Gasteiger partial charge on any atom is 0.494 e. The first-order valence-corrected chi connectivity index (χ1v) is 12.6. The zero-order valence-electron chi connectivity index (χ0n) is 16.5. The summed E-state index contributed by atoms with van der Waals surface area (Å²) in [6.45, 7) is 15.5. The second-order valence-corrected chi connectivity index (χ2v) is 14.1. The first-order chi connectivity index (χ1) is 11.5. The van der Waals surface area contributed by atoms with Crippen molar-refractivity contribution in [1.82, 2.24) is 0 Å². The molecule has 0 radical (unpaired) electrons. The van der Waals surface area contributed by atoms with Crippen LogP contribution in [0.4, 0.5) is 0 Å². The van der Waals surface area contributed by atoms with Gasteiger partial charge in [0.15, 0.2) is 0 Å². The standard InChI is InChI=1S/C21H29BO2Si/c1-20(2)21(3,4)24-22(23-20)18-12-8-16(9-13-18)17-10-14-19(15-11-17)25(5,6)7/h8-15H,1-7H3. The highest BCUT2D eigenvalue weighted by Crippen LogP contribution is 2.36. The van der Waals surface area contributed by atoms with E-state index < -0.39 is 8.07 Å². The molecule has 1 saturated heterocycles. The van der Waals surface area contributed by atoms with Crippen LogP contribution < -0.4 is 10.6 Å². The molecule has 0 N–H and O–H groups in total. The van der Waals surface area contributed by atoms with E-state index in [0.717, 1.165) is 5.46 Å². The molecule has 132 valence electrons. The van der Waals surface area contributed by atoms with E-state index in [1.165, 1.54) is 16.3 Å². The minimum Gasteiger partial charge on any atom is -0.399 e. The molecule has 2 aromatic carbocycles. The van der Waals surface area contributed by atoms with Crippen LogP contribution in [0.15, 0.2) is 48.5 Å². The molecule has 0 atom stereocenters. The Morgan fingerprint density at radius 1 is 0.680 bits per heavy atom. The molecule has 0 aliphatic carbocycles. The van der Waals surface area contributed by atoms with Crippen LogP contribution in [0.2, 0.25) is 19.6 Å². The van der Waals surface area contributed by atoms with Crippen LogP contribution in [0.1, 0.15) is 27.7 Å². The molecule has 0 aromatic heterocycles. The zero-order chi connectivity index (χ0) is 18.5. The van der Waals surface area contributed by atoms with Crippen LogP contribution in [0.5, 0.6) is 0 Å². The Kier molecular flexibility index (Phi) is 4.51. The minimum absolute atomic E-state index is 0.298. The Morgan fingerprint density at radius 2 is 1.08 bits per heavy atom. The van der Waals surface area contributed by atoms with Crippen LogP contribution in [0.3, 0.4) is 0 Å². The summed E-state index contributed by atoms with van der Waals surface area (Å²) in [7, 11) is -1.54. The summed E-state index contributed by atoms with van der Waals surface area (Å²) in [4.78, 5) is 0. The average molecular weight is 352 g/mol. The smallest absolute Gasteiger partial charge is 0.399 e. The van der Waals surface area contributed by atoms with Crippen LogP contribution in [-0.2, 0) is 9.31 Å². The van der Waals surface area contributed by atoms with Crippen molar-refractivity contribution in [3.8, 4) is 11.1 Å². The van der Waals surface area contributed by atoms with Crippen molar-refractivity contribution in [2.75, 3.05) is 0 Å². The second kappa shape index (κ2) is 6.12. The van der Waals surface area contributed by atoms with Crippen LogP contribution in [0, 0.1) is 0 Å². The van der Waals surface area contributed by atoms with Gasteiger partial charge in [-0.3, -0.25) is 0 Å². The van der Waals surface area contributed by atoms with Gasteiger partial charge in [0.2, 0.25) is 0 Å². The maximum atomic E-state index is 6.13. The summed E-state index contributed by atoms with van der Waals surface area (Å²) in [5.74, 6) is 0. The van der Waals surface area contributed by atoms with Crippen molar-refractivity contribution >= 4 is 25.8 Å². The average Bonchev–Trinajstić information content (AvgIpc) is 2.75. The summed E-state index contributed by atoms with van der Waals surface area (Å²) in [5.41, 5.74) is 2.94. The molecule has 0 saturated carbocycles. The highest BCUT2D eigenvalue weighted by Gasteiger charge is 2.51. The molecule has 2 nitrogen and oxygen atoms in total. The topological polar surface area (TPSA) is 18.5 Å². The van der Waals surface area contributed by atoms with Gasteiger partial charge in [0, 0.05) is 0 Å². The fraction of sp³-hybridized carbons (Fsp3) is 0.429. The first-order valence-electron chi connectivity index (χ1n) is 9.06. The monoisotopic (exact) mass is 352 g/mol. The molecule has 0 bridgehead atoms. The quantitative estimate of drug-likeness (QED) is 0.771. The highest BCUT2D eigenvalue weighted by molar-refractivity contribution is 6.88. The molecular weight excluding hydrogens is 323 g/mol. The maximum absolute atomic E-state index is 6.13. The normalized spacial score (nSPS) is 19.2. The number of benzene rings is 2. The third kappa shape index (κ3) is 3.62. The van der Waals surface area contributed by atoms with Crippen molar-refractivity contribution in [3.63, 3.8) is 0 Å². The van der Waals surface area contributed by atoms with Crippen LogP contribution >= 0.6 is 0 Å². The van der Waals surface area contributed by atoms with Gasteiger partial charge in [0.1, 0.15) is 0 Å². The minimum atomic E-state index is -1.24. The Morgan fingerprint density at radius 3 is 1.48 bits per heavy atom. The fourth-order valence-electron chi connectivity index (χ4n) is 2.97. The van der Waals surface area contributed by atoms with E-state index in [1.807, 2.05) is 0 Å². The van der Waals surface area contributed by atoms with Crippen molar-refractivity contribution < 1.29 is 9.31 Å². The summed E-state index contributed by atoms with van der Waals surface area (Å²) >= 11 is 0. The van der Waals surface area contributed by atoms with Crippen LogP contribution in [-0.4, -0.2) is 26.4 Å². The molecular formula is C21H29BO2Si. The lowest BCUT2D eigenvalue weighted by Crippen LogP contribution is -2.41. The molecule has 1 fully saturated rings. The second-order valence-electron chi connectivity index (χ2n) is 9.04. The van der Waals surface area contributed by atoms with E-state index >= 15 is 0 Å². The van der Waals surface area contributed by atoms with Crippen molar-refractivity contribution in [3.05, 3.63) is 48.5 Å². The molecule has 2 aromatic rings. The molecule has 0 unspecified atom stereocenters. The SMILES string of the molecule is CC1(C)OB(c2ccc(-c3ccc([Si](C)(C)C)cc3)cc2)OC1(C)C. The summed E-state index contributed by atoms with van der Waals surface area (Å²) in [5, 5.41) is 1.49.